The van der Waals surface area contributed by atoms with Gasteiger partial charge in [-0.05, 0) is 24.9 Å². The lowest BCUT2D eigenvalue weighted by molar-refractivity contribution is 0.310. The number of nitrogens with one attached hydrogen (secondary N) is 2. The van der Waals surface area contributed by atoms with Crippen LogP contribution >= 0.6 is 0 Å². The summed E-state index contributed by atoms with van der Waals surface area (Å²) in [6.45, 7) is 0.934. The summed E-state index contributed by atoms with van der Waals surface area (Å²) >= 11 is 0. The molecule has 2 N–H and O–H groups in total. The fourth-order valence-electron chi connectivity index (χ4n) is 2.65. The molecule has 0 radical (unpaired) electrons. The molecule has 0 saturated carbocycles. The van der Waals surface area contributed by atoms with Crippen molar-refractivity contribution < 1.29 is 4.52 Å². The van der Waals surface area contributed by atoms with Crippen LogP contribution in [0.5, 0.6) is 0 Å². The Morgan fingerprint density at radius 3 is 2.85 bits per heavy atom. The van der Waals surface area contributed by atoms with Crippen molar-refractivity contribution in [1.82, 2.24) is 10.5 Å². The van der Waals surface area contributed by atoms with Crippen molar-refractivity contribution in [2.24, 2.45) is 0 Å². The molecule has 1 fully saturated rings. The van der Waals surface area contributed by atoms with Gasteiger partial charge in [-0.15, -0.1) is 0 Å². The average Bonchev–Trinajstić information content (AvgIpc) is 2.93. The third-order valence-corrected chi connectivity index (χ3v) is 3.70. The van der Waals surface area contributed by atoms with Gasteiger partial charge < -0.3 is 9.84 Å². The Balaban J connectivity index is 1.66. The Morgan fingerprint density at radius 2 is 2.10 bits per heavy atom. The molecule has 3 rings (SSSR count). The van der Waals surface area contributed by atoms with Crippen molar-refractivity contribution in [3.05, 3.63) is 64.2 Å². The molecule has 2 heterocycles. The quantitative estimate of drug-likeness (QED) is 0.901. The van der Waals surface area contributed by atoms with Crippen LogP contribution in [-0.2, 0) is 0 Å². The third-order valence-electron chi connectivity index (χ3n) is 3.70. The van der Waals surface area contributed by atoms with E-state index in [0.717, 1.165) is 25.1 Å². The number of rotatable bonds is 3. The Bertz CT molecular complexity index is 627. The average molecular weight is 270 g/mol. The predicted molar refractivity (Wildman–Crippen MR) is 78.6 cm³/mol. The highest BCUT2D eigenvalue weighted by molar-refractivity contribution is 5.49. The van der Waals surface area contributed by atoms with E-state index in [0.29, 0.717) is 12.0 Å². The lowest BCUT2D eigenvalue weighted by Crippen LogP contribution is -2.35. The minimum Gasteiger partial charge on any atom is -0.383 e. The highest BCUT2D eigenvalue weighted by Gasteiger charge is 2.23. The SMILES string of the molecule is O=c1cc([C@H]2CCN[C@@H](C=Cc3ccccc3)C2)o[nH]1. The molecule has 2 atom stereocenters. The molecule has 1 saturated heterocycles. The molecule has 4 nitrogen and oxygen atoms in total. The molecule has 1 aliphatic heterocycles. The van der Waals surface area contributed by atoms with Gasteiger partial charge in [0.1, 0.15) is 5.76 Å². The van der Waals surface area contributed by atoms with Gasteiger partial charge in [-0.25, -0.2) is 0 Å². The van der Waals surface area contributed by atoms with E-state index >= 15 is 0 Å². The second kappa shape index (κ2) is 5.92. The fourth-order valence-corrected chi connectivity index (χ4v) is 2.65. The number of benzene rings is 1. The van der Waals surface area contributed by atoms with Gasteiger partial charge in [-0.1, -0.05) is 42.5 Å². The molecule has 104 valence electrons. The molecule has 1 aliphatic rings. The van der Waals surface area contributed by atoms with E-state index < -0.39 is 0 Å². The largest absolute Gasteiger partial charge is 0.383 e. The normalized spacial score (nSPS) is 23.2. The van der Waals surface area contributed by atoms with Gasteiger partial charge in [0.25, 0.3) is 5.56 Å². The second-order valence-electron chi connectivity index (χ2n) is 5.17. The molecule has 1 aromatic carbocycles. The molecule has 4 heteroatoms. The number of H-pyrrole nitrogens is 1. The van der Waals surface area contributed by atoms with Crippen LogP contribution in [0.1, 0.15) is 30.1 Å². The zero-order chi connectivity index (χ0) is 13.8. The Labute approximate surface area is 117 Å². The van der Waals surface area contributed by atoms with Crippen LogP contribution in [0.2, 0.25) is 0 Å². The van der Waals surface area contributed by atoms with E-state index in [9.17, 15) is 4.79 Å². The summed E-state index contributed by atoms with van der Waals surface area (Å²) in [6.07, 6.45) is 6.26. The minimum absolute atomic E-state index is 0.157. The van der Waals surface area contributed by atoms with E-state index in [4.69, 9.17) is 4.52 Å². The van der Waals surface area contributed by atoms with Gasteiger partial charge in [0, 0.05) is 18.0 Å². The number of aromatic amines is 1. The standard InChI is InChI=1S/C16H18N2O2/c19-16-11-15(20-18-16)13-8-9-17-14(10-13)7-6-12-4-2-1-3-5-12/h1-7,11,13-14,17H,8-10H2,(H,18,19)/t13-,14-/m0/s1. The molecule has 20 heavy (non-hydrogen) atoms. The van der Waals surface area contributed by atoms with Crippen LogP contribution in [0.3, 0.4) is 0 Å². The van der Waals surface area contributed by atoms with Gasteiger partial charge in [0.2, 0.25) is 0 Å². The van der Waals surface area contributed by atoms with Crippen LogP contribution in [0.15, 0.2) is 51.8 Å². The van der Waals surface area contributed by atoms with Crippen molar-refractivity contribution >= 4 is 6.08 Å². The van der Waals surface area contributed by atoms with E-state index in [1.165, 1.54) is 5.56 Å². The molecule has 0 unspecified atom stereocenters. The summed E-state index contributed by atoms with van der Waals surface area (Å²) in [5, 5.41) is 5.85. The summed E-state index contributed by atoms with van der Waals surface area (Å²) in [4.78, 5) is 11.1. The van der Waals surface area contributed by atoms with Gasteiger partial charge >= 0.3 is 0 Å². The lowest BCUT2D eigenvalue weighted by atomic mass is 9.90. The first-order valence-corrected chi connectivity index (χ1v) is 6.96. The van der Waals surface area contributed by atoms with Crippen LogP contribution < -0.4 is 10.9 Å². The molecule has 0 bridgehead atoms. The summed E-state index contributed by atoms with van der Waals surface area (Å²) in [5.74, 6) is 1.08. The highest BCUT2D eigenvalue weighted by Crippen LogP contribution is 2.27. The fraction of sp³-hybridized carbons (Fsp3) is 0.312. The predicted octanol–water partition coefficient (Wildman–Crippen LogP) is 2.52. The maximum atomic E-state index is 11.1. The van der Waals surface area contributed by atoms with E-state index in [2.05, 4.69) is 34.8 Å². The van der Waals surface area contributed by atoms with Crippen LogP contribution in [-0.4, -0.2) is 17.7 Å². The first-order chi connectivity index (χ1) is 9.81. The Morgan fingerprint density at radius 1 is 1.25 bits per heavy atom. The van der Waals surface area contributed by atoms with Crippen molar-refractivity contribution in [3.8, 4) is 0 Å². The van der Waals surface area contributed by atoms with Gasteiger partial charge in [-0.3, -0.25) is 4.79 Å². The first-order valence-electron chi connectivity index (χ1n) is 6.96. The maximum Gasteiger partial charge on any atom is 0.280 e. The second-order valence-corrected chi connectivity index (χ2v) is 5.17. The molecule has 0 amide bonds. The Kier molecular flexibility index (Phi) is 3.83. The Hall–Kier alpha value is -2.07. The van der Waals surface area contributed by atoms with Crippen molar-refractivity contribution in [1.29, 1.82) is 0 Å². The number of piperidine rings is 1. The summed E-state index contributed by atoms with van der Waals surface area (Å²) < 4.78 is 5.23. The van der Waals surface area contributed by atoms with Crippen molar-refractivity contribution in [3.63, 3.8) is 0 Å². The van der Waals surface area contributed by atoms with Gasteiger partial charge in [0.15, 0.2) is 0 Å². The first kappa shape index (κ1) is 12.9. The van der Waals surface area contributed by atoms with Gasteiger partial charge in [-0.2, -0.15) is 5.16 Å². The highest BCUT2D eigenvalue weighted by atomic mass is 16.5. The monoisotopic (exact) mass is 270 g/mol. The topological polar surface area (TPSA) is 58.0 Å². The molecule has 1 aromatic heterocycles. The maximum absolute atomic E-state index is 11.1. The molecule has 2 aromatic rings. The zero-order valence-corrected chi connectivity index (χ0v) is 11.2. The van der Waals surface area contributed by atoms with Crippen LogP contribution in [0.25, 0.3) is 6.08 Å². The summed E-state index contributed by atoms with van der Waals surface area (Å²) in [5.41, 5.74) is 1.04. The summed E-state index contributed by atoms with van der Waals surface area (Å²) in [7, 11) is 0. The molecule has 0 aliphatic carbocycles. The zero-order valence-electron chi connectivity index (χ0n) is 11.2. The van der Waals surface area contributed by atoms with E-state index in [1.54, 1.807) is 6.07 Å². The molecular weight excluding hydrogens is 252 g/mol. The van der Waals surface area contributed by atoms with E-state index in [-0.39, 0.29) is 5.56 Å². The van der Waals surface area contributed by atoms with Gasteiger partial charge in [0.05, 0.1) is 0 Å². The third kappa shape index (κ3) is 3.08. The number of hydrogen-bond acceptors (Lipinski definition) is 3. The van der Waals surface area contributed by atoms with Crippen molar-refractivity contribution in [2.45, 2.75) is 24.8 Å². The molecule has 0 spiro atoms. The molecular formula is C16H18N2O2. The van der Waals surface area contributed by atoms with Crippen LogP contribution in [0.4, 0.5) is 0 Å². The van der Waals surface area contributed by atoms with Crippen molar-refractivity contribution in [2.75, 3.05) is 6.54 Å². The minimum atomic E-state index is -0.157. The van der Waals surface area contributed by atoms with Crippen LogP contribution in [0, 0.1) is 0 Å². The van der Waals surface area contributed by atoms with E-state index in [1.807, 2.05) is 18.2 Å². The number of aromatic nitrogens is 1. The number of hydrogen-bond donors (Lipinski definition) is 2. The smallest absolute Gasteiger partial charge is 0.280 e. The lowest BCUT2D eigenvalue weighted by Gasteiger charge is -2.26. The summed E-state index contributed by atoms with van der Waals surface area (Å²) in [6, 6.07) is 12.1.